The first-order valence-corrected chi connectivity index (χ1v) is 8.44. The maximum absolute atomic E-state index is 12.5. The molecule has 128 valence electrons. The average molecular weight is 337 g/mol. The summed E-state index contributed by atoms with van der Waals surface area (Å²) in [4.78, 5) is 38.8. The minimum Gasteiger partial charge on any atom is -0.263 e. The predicted octanol–water partition coefficient (Wildman–Crippen LogP) is 2.74. The van der Waals surface area contributed by atoms with Gasteiger partial charge in [-0.3, -0.25) is 19.4 Å². The average Bonchev–Trinajstić information content (AvgIpc) is 2.84. The van der Waals surface area contributed by atoms with E-state index in [1.165, 1.54) is 12.0 Å². The quantitative estimate of drug-likeness (QED) is 0.470. The third-order valence-electron chi connectivity index (χ3n) is 4.57. The first-order valence-electron chi connectivity index (χ1n) is 8.44. The third-order valence-corrected chi connectivity index (χ3v) is 4.57. The molecule has 0 saturated carbocycles. The number of carbonyl (C=O) groups is 3. The Labute approximate surface area is 146 Å². The van der Waals surface area contributed by atoms with Crippen LogP contribution in [0.25, 0.3) is 0 Å². The monoisotopic (exact) mass is 337 g/mol. The van der Waals surface area contributed by atoms with Crippen molar-refractivity contribution >= 4 is 17.8 Å². The number of benzene rings is 1. The minimum absolute atomic E-state index is 0.00186. The maximum Gasteiger partial charge on any atom is 0.334 e. The van der Waals surface area contributed by atoms with E-state index in [0.29, 0.717) is 17.5 Å². The van der Waals surface area contributed by atoms with Crippen molar-refractivity contribution in [2.24, 2.45) is 0 Å². The summed E-state index contributed by atoms with van der Waals surface area (Å²) in [5.74, 6) is -1.57. The maximum atomic E-state index is 12.5. The Morgan fingerprint density at radius 1 is 1.08 bits per heavy atom. The van der Waals surface area contributed by atoms with Crippen LogP contribution in [0.15, 0.2) is 35.9 Å². The van der Waals surface area contributed by atoms with Crippen LogP contribution < -0.4 is 0 Å². The summed E-state index contributed by atoms with van der Waals surface area (Å²) in [6.45, 7) is 0.238. The Kier molecular flexibility index (Phi) is 4.94. The van der Waals surface area contributed by atoms with Crippen LogP contribution in [0, 0.1) is 11.3 Å². The van der Waals surface area contributed by atoms with Gasteiger partial charge in [-0.25, -0.2) is 4.79 Å². The summed E-state index contributed by atoms with van der Waals surface area (Å²) in [5, 5.41) is 8.94. The number of amides is 4. The summed E-state index contributed by atoms with van der Waals surface area (Å²) < 4.78 is 0. The van der Waals surface area contributed by atoms with Crippen LogP contribution in [-0.4, -0.2) is 34.2 Å². The zero-order valence-electron chi connectivity index (χ0n) is 13.9. The lowest BCUT2D eigenvalue weighted by Crippen LogP contribution is -2.34. The van der Waals surface area contributed by atoms with E-state index < -0.39 is 17.8 Å². The Morgan fingerprint density at radius 3 is 2.60 bits per heavy atom. The number of urea groups is 1. The van der Waals surface area contributed by atoms with Gasteiger partial charge in [0.2, 0.25) is 0 Å². The van der Waals surface area contributed by atoms with Gasteiger partial charge in [0, 0.05) is 6.54 Å². The van der Waals surface area contributed by atoms with Crippen molar-refractivity contribution in [1.29, 1.82) is 5.26 Å². The Bertz CT molecular complexity index is 791. The zero-order valence-corrected chi connectivity index (χ0v) is 13.9. The topological polar surface area (TPSA) is 81.5 Å². The highest BCUT2D eigenvalue weighted by Gasteiger charge is 2.44. The molecule has 1 aliphatic heterocycles. The molecule has 4 amide bonds. The fourth-order valence-electron chi connectivity index (χ4n) is 3.20. The molecule has 3 rings (SSSR count). The van der Waals surface area contributed by atoms with E-state index >= 15 is 0 Å². The summed E-state index contributed by atoms with van der Waals surface area (Å²) in [6.07, 6.45) is 7.14. The summed E-state index contributed by atoms with van der Waals surface area (Å²) in [7, 11) is 0. The molecule has 1 fully saturated rings. The minimum atomic E-state index is -0.801. The first-order chi connectivity index (χ1) is 12.1. The number of hydrogen-bond donors (Lipinski definition) is 0. The molecule has 6 heteroatoms. The van der Waals surface area contributed by atoms with Gasteiger partial charge in [0.25, 0.3) is 0 Å². The van der Waals surface area contributed by atoms with Crippen LogP contribution >= 0.6 is 0 Å². The normalized spacial score (nSPS) is 17.7. The van der Waals surface area contributed by atoms with Crippen LogP contribution in [0.3, 0.4) is 0 Å². The molecule has 25 heavy (non-hydrogen) atoms. The standard InChI is InChI=1S/C19H19N3O3/c20-12-15-7-4-8-16(11-15)13-22-18(24)17(23)21(19(22)25)10-9-14-5-2-1-3-6-14/h4-5,7-8,11H,1-3,6,9-10,13H2. The van der Waals surface area contributed by atoms with Crippen molar-refractivity contribution < 1.29 is 14.4 Å². The molecular formula is C19H19N3O3. The van der Waals surface area contributed by atoms with Crippen molar-refractivity contribution in [2.75, 3.05) is 6.54 Å². The summed E-state index contributed by atoms with van der Waals surface area (Å²) in [6, 6.07) is 8.11. The number of rotatable bonds is 5. The highest BCUT2D eigenvalue weighted by atomic mass is 16.2. The van der Waals surface area contributed by atoms with E-state index in [2.05, 4.69) is 6.08 Å². The molecule has 0 radical (unpaired) electrons. The fraction of sp³-hybridized carbons (Fsp3) is 0.368. The molecule has 1 saturated heterocycles. The van der Waals surface area contributed by atoms with Crippen LogP contribution in [0.5, 0.6) is 0 Å². The van der Waals surface area contributed by atoms with Crippen LogP contribution in [0.2, 0.25) is 0 Å². The summed E-state index contributed by atoms with van der Waals surface area (Å²) >= 11 is 0. The van der Waals surface area contributed by atoms with Gasteiger partial charge in [-0.1, -0.05) is 23.8 Å². The summed E-state index contributed by atoms with van der Waals surface area (Å²) in [5.41, 5.74) is 2.34. The molecule has 0 aromatic heterocycles. The Morgan fingerprint density at radius 2 is 1.88 bits per heavy atom. The lowest BCUT2D eigenvalue weighted by Gasteiger charge is -2.18. The van der Waals surface area contributed by atoms with Crippen molar-refractivity contribution in [2.45, 2.75) is 38.6 Å². The number of imide groups is 2. The van der Waals surface area contributed by atoms with Crippen LogP contribution in [-0.2, 0) is 16.1 Å². The SMILES string of the molecule is N#Cc1cccc(CN2C(=O)C(=O)N(CCC3=CCCCC3)C2=O)c1. The molecule has 0 unspecified atom stereocenters. The lowest BCUT2D eigenvalue weighted by atomic mass is 9.97. The van der Waals surface area contributed by atoms with Gasteiger partial charge in [-0.2, -0.15) is 5.26 Å². The van der Waals surface area contributed by atoms with Crippen molar-refractivity contribution in [3.8, 4) is 6.07 Å². The second-order valence-electron chi connectivity index (χ2n) is 6.30. The van der Waals surface area contributed by atoms with E-state index in [1.807, 2.05) is 6.07 Å². The van der Waals surface area contributed by atoms with Gasteiger partial charge < -0.3 is 0 Å². The molecule has 0 spiro atoms. The Balaban J connectivity index is 1.68. The van der Waals surface area contributed by atoms with E-state index in [1.54, 1.807) is 24.3 Å². The zero-order chi connectivity index (χ0) is 17.8. The van der Waals surface area contributed by atoms with Gasteiger partial charge in [0.1, 0.15) is 0 Å². The predicted molar refractivity (Wildman–Crippen MR) is 90.0 cm³/mol. The van der Waals surface area contributed by atoms with Gasteiger partial charge in [0.15, 0.2) is 0 Å². The second-order valence-corrected chi connectivity index (χ2v) is 6.30. The molecule has 1 heterocycles. The van der Waals surface area contributed by atoms with Gasteiger partial charge in [0.05, 0.1) is 18.2 Å². The second kappa shape index (κ2) is 7.31. The van der Waals surface area contributed by atoms with E-state index in [9.17, 15) is 14.4 Å². The molecule has 6 nitrogen and oxygen atoms in total. The molecule has 0 bridgehead atoms. The van der Waals surface area contributed by atoms with Gasteiger partial charge >= 0.3 is 17.8 Å². The molecule has 1 aromatic rings. The Hall–Kier alpha value is -2.94. The fourth-order valence-corrected chi connectivity index (χ4v) is 3.20. The number of nitriles is 1. The number of nitrogens with zero attached hydrogens (tertiary/aromatic N) is 3. The molecular weight excluding hydrogens is 318 g/mol. The van der Waals surface area contributed by atoms with Crippen LogP contribution in [0.4, 0.5) is 4.79 Å². The van der Waals surface area contributed by atoms with Gasteiger partial charge in [-0.05, 0) is 49.8 Å². The molecule has 0 N–H and O–H groups in total. The van der Waals surface area contributed by atoms with Gasteiger partial charge in [-0.15, -0.1) is 0 Å². The van der Waals surface area contributed by atoms with E-state index in [0.717, 1.165) is 29.1 Å². The van der Waals surface area contributed by atoms with Crippen molar-refractivity contribution in [3.63, 3.8) is 0 Å². The number of hydrogen-bond acceptors (Lipinski definition) is 4. The van der Waals surface area contributed by atoms with Crippen molar-refractivity contribution in [3.05, 3.63) is 47.0 Å². The van der Waals surface area contributed by atoms with E-state index in [-0.39, 0.29) is 13.1 Å². The smallest absolute Gasteiger partial charge is 0.263 e. The largest absolute Gasteiger partial charge is 0.334 e. The molecule has 1 aromatic carbocycles. The number of carbonyl (C=O) groups excluding carboxylic acids is 3. The highest BCUT2D eigenvalue weighted by molar-refractivity contribution is 6.44. The molecule has 1 aliphatic carbocycles. The number of allylic oxidation sites excluding steroid dienone is 1. The van der Waals surface area contributed by atoms with E-state index in [4.69, 9.17) is 5.26 Å². The molecule has 0 atom stereocenters. The first kappa shape index (κ1) is 16.9. The third kappa shape index (κ3) is 3.61. The van der Waals surface area contributed by atoms with Crippen molar-refractivity contribution in [1.82, 2.24) is 9.80 Å². The van der Waals surface area contributed by atoms with Crippen LogP contribution in [0.1, 0.15) is 43.2 Å². The highest BCUT2D eigenvalue weighted by Crippen LogP contribution is 2.22. The lowest BCUT2D eigenvalue weighted by molar-refractivity contribution is -0.143. The molecule has 2 aliphatic rings.